The van der Waals surface area contributed by atoms with Crippen LogP contribution in [0.25, 0.3) is 0 Å². The zero-order valence-corrected chi connectivity index (χ0v) is 11.2. The predicted molar refractivity (Wildman–Crippen MR) is 75.2 cm³/mol. The van der Waals surface area contributed by atoms with E-state index in [1.807, 2.05) is 18.2 Å². The first-order chi connectivity index (χ1) is 9.63. The molecule has 0 unspecified atom stereocenters. The second kappa shape index (κ2) is 6.16. The molecule has 20 heavy (non-hydrogen) atoms. The summed E-state index contributed by atoms with van der Waals surface area (Å²) in [5, 5.41) is 12.0. The van der Waals surface area contributed by atoms with Crippen molar-refractivity contribution in [3.8, 4) is 0 Å². The van der Waals surface area contributed by atoms with E-state index in [2.05, 4.69) is 5.32 Å². The highest BCUT2D eigenvalue weighted by atomic mass is 16.3. The van der Waals surface area contributed by atoms with Crippen molar-refractivity contribution in [2.45, 2.75) is 13.2 Å². The van der Waals surface area contributed by atoms with Gasteiger partial charge in [-0.2, -0.15) is 0 Å². The molecular weight excluding hydrogens is 256 g/mol. The summed E-state index contributed by atoms with van der Waals surface area (Å²) >= 11 is 0. The Morgan fingerprint density at radius 1 is 1.15 bits per heavy atom. The lowest BCUT2D eigenvalue weighted by Gasteiger charge is -2.10. The van der Waals surface area contributed by atoms with Crippen LogP contribution in [-0.2, 0) is 20.2 Å². The quantitative estimate of drug-likeness (QED) is 0.865. The van der Waals surface area contributed by atoms with Gasteiger partial charge in [0.15, 0.2) is 0 Å². The highest BCUT2D eigenvalue weighted by Crippen LogP contribution is 2.08. The molecule has 1 aromatic carbocycles. The maximum absolute atomic E-state index is 12.1. The second-order valence-corrected chi connectivity index (χ2v) is 4.42. The van der Waals surface area contributed by atoms with Gasteiger partial charge in [0.05, 0.1) is 6.61 Å². The Labute approximate surface area is 116 Å². The van der Waals surface area contributed by atoms with E-state index in [9.17, 15) is 14.7 Å². The van der Waals surface area contributed by atoms with Gasteiger partial charge in [-0.25, -0.2) is 0 Å². The van der Waals surface area contributed by atoms with Crippen molar-refractivity contribution in [3.05, 3.63) is 69.6 Å². The van der Waals surface area contributed by atoms with Crippen molar-refractivity contribution in [2.75, 3.05) is 0 Å². The summed E-state index contributed by atoms with van der Waals surface area (Å²) in [5.41, 5.74) is 1.70. The van der Waals surface area contributed by atoms with E-state index in [4.69, 9.17) is 0 Å². The van der Waals surface area contributed by atoms with E-state index < -0.39 is 0 Å². The molecule has 0 saturated heterocycles. The number of pyridine rings is 1. The van der Waals surface area contributed by atoms with Crippen molar-refractivity contribution in [3.63, 3.8) is 0 Å². The van der Waals surface area contributed by atoms with Crippen LogP contribution < -0.4 is 10.9 Å². The van der Waals surface area contributed by atoms with Gasteiger partial charge >= 0.3 is 0 Å². The minimum Gasteiger partial charge on any atom is -0.392 e. The molecule has 1 heterocycles. The monoisotopic (exact) mass is 272 g/mol. The fourth-order valence-corrected chi connectivity index (χ4v) is 1.94. The molecular formula is C15H16N2O3. The Balaban J connectivity index is 2.13. The summed E-state index contributed by atoms with van der Waals surface area (Å²) in [6.07, 6.45) is 0. The largest absolute Gasteiger partial charge is 0.392 e. The smallest absolute Gasteiger partial charge is 0.268 e. The third-order valence-corrected chi connectivity index (χ3v) is 3.15. The van der Waals surface area contributed by atoms with Crippen LogP contribution >= 0.6 is 0 Å². The van der Waals surface area contributed by atoms with Crippen LogP contribution in [0.4, 0.5) is 0 Å². The van der Waals surface area contributed by atoms with Crippen molar-refractivity contribution < 1.29 is 9.90 Å². The molecule has 0 atom stereocenters. The fraction of sp³-hybridized carbons (Fsp3) is 0.200. The van der Waals surface area contributed by atoms with Crippen molar-refractivity contribution >= 4 is 5.91 Å². The number of amides is 1. The Morgan fingerprint density at radius 2 is 1.85 bits per heavy atom. The van der Waals surface area contributed by atoms with Gasteiger partial charge in [-0.1, -0.05) is 30.3 Å². The highest BCUT2D eigenvalue weighted by molar-refractivity contribution is 5.92. The SMILES string of the molecule is Cn1c(C(=O)NCc2ccccc2CO)cccc1=O. The van der Waals surface area contributed by atoms with Crippen LogP contribution in [0.3, 0.4) is 0 Å². The minimum atomic E-state index is -0.321. The Hall–Kier alpha value is -2.40. The number of hydrogen-bond acceptors (Lipinski definition) is 3. The van der Waals surface area contributed by atoms with Gasteiger partial charge < -0.3 is 15.0 Å². The normalized spacial score (nSPS) is 10.3. The molecule has 5 heteroatoms. The lowest BCUT2D eigenvalue weighted by atomic mass is 10.1. The first-order valence-electron chi connectivity index (χ1n) is 6.25. The number of aromatic nitrogens is 1. The topological polar surface area (TPSA) is 71.3 Å². The third-order valence-electron chi connectivity index (χ3n) is 3.15. The average Bonchev–Trinajstić information content (AvgIpc) is 2.48. The van der Waals surface area contributed by atoms with Gasteiger partial charge in [0.1, 0.15) is 5.69 Å². The zero-order chi connectivity index (χ0) is 14.5. The zero-order valence-electron chi connectivity index (χ0n) is 11.2. The van der Waals surface area contributed by atoms with Gasteiger partial charge in [-0.05, 0) is 17.2 Å². The Kier molecular flexibility index (Phi) is 4.32. The van der Waals surface area contributed by atoms with E-state index in [1.54, 1.807) is 25.2 Å². The molecule has 0 fully saturated rings. The molecule has 2 rings (SSSR count). The van der Waals surface area contributed by atoms with E-state index in [1.165, 1.54) is 10.6 Å². The van der Waals surface area contributed by atoms with E-state index in [0.29, 0.717) is 12.2 Å². The Morgan fingerprint density at radius 3 is 2.55 bits per heavy atom. The van der Waals surface area contributed by atoms with Crippen LogP contribution in [0.5, 0.6) is 0 Å². The molecule has 1 amide bonds. The molecule has 104 valence electrons. The summed E-state index contributed by atoms with van der Waals surface area (Å²) in [6.45, 7) is 0.231. The molecule has 0 bridgehead atoms. The predicted octanol–water partition coefficient (Wildman–Crippen LogP) is 0.808. The Bertz CT molecular complexity index is 677. The number of carbonyl (C=O) groups excluding carboxylic acids is 1. The molecule has 0 aliphatic heterocycles. The van der Waals surface area contributed by atoms with Crippen molar-refractivity contribution in [1.29, 1.82) is 0 Å². The lowest BCUT2D eigenvalue weighted by Crippen LogP contribution is -2.30. The molecule has 0 spiro atoms. The standard InChI is InChI=1S/C15H16N2O3/c1-17-13(7-4-8-14(17)19)15(20)16-9-11-5-2-3-6-12(11)10-18/h2-8,18H,9-10H2,1H3,(H,16,20). The van der Waals surface area contributed by atoms with Crippen molar-refractivity contribution in [2.24, 2.45) is 7.05 Å². The molecule has 0 aliphatic rings. The molecule has 0 radical (unpaired) electrons. The number of nitrogens with zero attached hydrogens (tertiary/aromatic N) is 1. The summed E-state index contributed by atoms with van der Waals surface area (Å²) in [6, 6.07) is 11.9. The van der Waals surface area contributed by atoms with Gasteiger partial charge in [0, 0.05) is 19.7 Å². The van der Waals surface area contributed by atoms with Gasteiger partial charge in [-0.15, -0.1) is 0 Å². The number of carbonyl (C=O) groups is 1. The molecule has 1 aromatic heterocycles. The molecule has 5 nitrogen and oxygen atoms in total. The fourth-order valence-electron chi connectivity index (χ4n) is 1.94. The minimum absolute atomic E-state index is 0.0735. The lowest BCUT2D eigenvalue weighted by molar-refractivity contribution is 0.0941. The van der Waals surface area contributed by atoms with Crippen LogP contribution in [-0.4, -0.2) is 15.6 Å². The third kappa shape index (κ3) is 2.95. The van der Waals surface area contributed by atoms with Crippen LogP contribution in [0, 0.1) is 0 Å². The van der Waals surface area contributed by atoms with Crippen LogP contribution in [0.15, 0.2) is 47.3 Å². The highest BCUT2D eigenvalue weighted by Gasteiger charge is 2.10. The maximum atomic E-state index is 12.1. The van der Waals surface area contributed by atoms with Crippen molar-refractivity contribution in [1.82, 2.24) is 9.88 Å². The summed E-state index contributed by atoms with van der Waals surface area (Å²) < 4.78 is 1.30. The second-order valence-electron chi connectivity index (χ2n) is 4.42. The number of rotatable bonds is 4. The number of aliphatic hydroxyl groups excluding tert-OH is 1. The number of hydrogen-bond donors (Lipinski definition) is 2. The molecule has 0 aliphatic carbocycles. The summed E-state index contributed by atoms with van der Waals surface area (Å²) in [4.78, 5) is 23.5. The van der Waals surface area contributed by atoms with Gasteiger partial charge in [0.25, 0.3) is 11.5 Å². The van der Waals surface area contributed by atoms with E-state index in [-0.39, 0.29) is 18.1 Å². The van der Waals surface area contributed by atoms with Gasteiger partial charge in [-0.3, -0.25) is 9.59 Å². The average molecular weight is 272 g/mol. The molecule has 0 saturated carbocycles. The number of nitrogens with one attached hydrogen (secondary N) is 1. The molecule has 2 aromatic rings. The van der Waals surface area contributed by atoms with Gasteiger partial charge in [0.2, 0.25) is 0 Å². The summed E-state index contributed by atoms with van der Waals surface area (Å²) in [5.74, 6) is -0.321. The first-order valence-corrected chi connectivity index (χ1v) is 6.25. The molecule has 2 N–H and O–H groups in total. The van der Waals surface area contributed by atoms with E-state index >= 15 is 0 Å². The number of benzene rings is 1. The van der Waals surface area contributed by atoms with E-state index in [0.717, 1.165) is 11.1 Å². The summed E-state index contributed by atoms with van der Waals surface area (Å²) in [7, 11) is 1.55. The number of aliphatic hydroxyl groups is 1. The maximum Gasteiger partial charge on any atom is 0.268 e. The van der Waals surface area contributed by atoms with Crippen LogP contribution in [0.1, 0.15) is 21.6 Å². The first kappa shape index (κ1) is 14.0. The van der Waals surface area contributed by atoms with Crippen LogP contribution in [0.2, 0.25) is 0 Å².